The van der Waals surface area contributed by atoms with Crippen molar-refractivity contribution in [2.24, 2.45) is 5.73 Å². The van der Waals surface area contributed by atoms with Gasteiger partial charge >= 0.3 is 0 Å². The molecule has 112 valence electrons. The second kappa shape index (κ2) is 6.60. The van der Waals surface area contributed by atoms with E-state index in [1.165, 1.54) is 12.1 Å². The fraction of sp³-hybridized carbons (Fsp3) is 0.500. The molecule has 3 N–H and O–H groups in total. The standard InChI is InChI=1S/C12H16Cl2N2O3S/c13-10-6-11(14)12(5-8(10)7-15)20(17,18)16-9-1-3-19-4-2-9/h5-6,9,16H,1-4,7,15H2. The summed E-state index contributed by atoms with van der Waals surface area (Å²) in [6.07, 6.45) is 1.29. The molecule has 0 saturated carbocycles. The van der Waals surface area contributed by atoms with Crippen LogP contribution in [-0.2, 0) is 21.3 Å². The van der Waals surface area contributed by atoms with Crippen molar-refractivity contribution in [3.63, 3.8) is 0 Å². The molecule has 1 aromatic carbocycles. The molecule has 0 aliphatic carbocycles. The van der Waals surface area contributed by atoms with Crippen LogP contribution in [-0.4, -0.2) is 27.7 Å². The van der Waals surface area contributed by atoms with Crippen molar-refractivity contribution < 1.29 is 13.2 Å². The summed E-state index contributed by atoms with van der Waals surface area (Å²) in [6, 6.07) is 2.69. The van der Waals surface area contributed by atoms with Crippen molar-refractivity contribution in [1.29, 1.82) is 0 Å². The zero-order valence-corrected chi connectivity index (χ0v) is 13.1. The molecule has 20 heavy (non-hydrogen) atoms. The zero-order chi connectivity index (χ0) is 14.8. The highest BCUT2D eigenvalue weighted by Gasteiger charge is 2.25. The molecule has 0 aromatic heterocycles. The van der Waals surface area contributed by atoms with Gasteiger partial charge < -0.3 is 10.5 Å². The quantitative estimate of drug-likeness (QED) is 0.878. The first-order chi connectivity index (χ1) is 9.44. The minimum atomic E-state index is -3.69. The van der Waals surface area contributed by atoms with Gasteiger partial charge in [0, 0.05) is 30.8 Å². The first-order valence-electron chi connectivity index (χ1n) is 6.22. The van der Waals surface area contributed by atoms with Crippen LogP contribution in [0, 0.1) is 0 Å². The lowest BCUT2D eigenvalue weighted by Gasteiger charge is -2.23. The summed E-state index contributed by atoms with van der Waals surface area (Å²) in [5, 5.41) is 0.453. The van der Waals surface area contributed by atoms with Crippen molar-refractivity contribution in [3.05, 3.63) is 27.7 Å². The Morgan fingerprint density at radius 1 is 1.25 bits per heavy atom. The number of hydrogen-bond donors (Lipinski definition) is 2. The number of ether oxygens (including phenoxy) is 1. The Balaban J connectivity index is 2.28. The second-order valence-corrected chi connectivity index (χ2v) is 7.08. The predicted octanol–water partition coefficient (Wildman–Crippen LogP) is 1.91. The van der Waals surface area contributed by atoms with Gasteiger partial charge in [-0.15, -0.1) is 0 Å². The zero-order valence-electron chi connectivity index (χ0n) is 10.7. The van der Waals surface area contributed by atoms with E-state index in [-0.39, 0.29) is 22.5 Å². The number of hydrogen-bond acceptors (Lipinski definition) is 4. The van der Waals surface area contributed by atoms with E-state index in [1.54, 1.807) is 0 Å². The molecule has 1 saturated heterocycles. The third-order valence-electron chi connectivity index (χ3n) is 3.15. The molecule has 0 atom stereocenters. The molecule has 0 bridgehead atoms. The van der Waals surface area contributed by atoms with Crippen LogP contribution in [0.1, 0.15) is 18.4 Å². The molecule has 0 radical (unpaired) electrons. The number of nitrogens with two attached hydrogens (primary N) is 1. The fourth-order valence-electron chi connectivity index (χ4n) is 2.03. The number of halogens is 2. The Morgan fingerprint density at radius 3 is 2.50 bits per heavy atom. The van der Waals surface area contributed by atoms with E-state index in [0.717, 1.165) is 0 Å². The van der Waals surface area contributed by atoms with E-state index in [1.807, 2.05) is 0 Å². The largest absolute Gasteiger partial charge is 0.381 e. The molecule has 0 spiro atoms. The summed E-state index contributed by atoms with van der Waals surface area (Å²) in [6.45, 7) is 1.25. The van der Waals surface area contributed by atoms with Crippen molar-refractivity contribution in [2.75, 3.05) is 13.2 Å². The van der Waals surface area contributed by atoms with E-state index >= 15 is 0 Å². The van der Waals surface area contributed by atoms with Gasteiger partial charge in [-0.05, 0) is 30.5 Å². The van der Waals surface area contributed by atoms with Crippen LogP contribution in [0.4, 0.5) is 0 Å². The van der Waals surface area contributed by atoms with E-state index in [9.17, 15) is 8.42 Å². The monoisotopic (exact) mass is 338 g/mol. The fourth-order valence-corrected chi connectivity index (χ4v) is 4.21. The van der Waals surface area contributed by atoms with Gasteiger partial charge in [0.05, 0.1) is 5.02 Å². The Morgan fingerprint density at radius 2 is 1.90 bits per heavy atom. The summed E-state index contributed by atoms with van der Waals surface area (Å²) in [5.74, 6) is 0. The average Bonchev–Trinajstić information content (AvgIpc) is 2.39. The Labute approximate surface area is 128 Å². The summed E-state index contributed by atoms with van der Waals surface area (Å²) in [4.78, 5) is 0.00973. The van der Waals surface area contributed by atoms with Crippen LogP contribution in [0.2, 0.25) is 10.0 Å². The highest BCUT2D eigenvalue weighted by molar-refractivity contribution is 7.89. The number of sulfonamides is 1. The van der Waals surface area contributed by atoms with Crippen LogP contribution in [0.3, 0.4) is 0 Å². The van der Waals surface area contributed by atoms with Crippen LogP contribution >= 0.6 is 23.2 Å². The number of benzene rings is 1. The van der Waals surface area contributed by atoms with E-state index in [0.29, 0.717) is 36.6 Å². The topological polar surface area (TPSA) is 81.4 Å². The lowest BCUT2D eigenvalue weighted by molar-refractivity contribution is 0.0832. The van der Waals surface area contributed by atoms with Crippen molar-refractivity contribution in [2.45, 2.75) is 30.3 Å². The summed E-state index contributed by atoms with van der Waals surface area (Å²) in [5.41, 5.74) is 6.08. The third-order valence-corrected chi connectivity index (χ3v) is 5.49. The smallest absolute Gasteiger partial charge is 0.242 e. The molecule has 1 aliphatic rings. The first-order valence-corrected chi connectivity index (χ1v) is 8.46. The second-order valence-electron chi connectivity index (χ2n) is 4.59. The van der Waals surface area contributed by atoms with Crippen molar-refractivity contribution >= 4 is 33.2 Å². The molecule has 1 fully saturated rings. The minimum absolute atomic E-state index is 0.00973. The van der Waals surface area contributed by atoms with Gasteiger partial charge in [-0.2, -0.15) is 0 Å². The maximum absolute atomic E-state index is 12.4. The minimum Gasteiger partial charge on any atom is -0.381 e. The third kappa shape index (κ3) is 3.63. The highest BCUT2D eigenvalue weighted by Crippen LogP contribution is 2.29. The Kier molecular flexibility index (Phi) is 5.28. The van der Waals surface area contributed by atoms with E-state index in [4.69, 9.17) is 33.7 Å². The predicted molar refractivity (Wildman–Crippen MR) is 78.5 cm³/mol. The Bertz CT molecular complexity index is 587. The van der Waals surface area contributed by atoms with Gasteiger partial charge in [0.1, 0.15) is 4.90 Å². The summed E-state index contributed by atoms with van der Waals surface area (Å²) in [7, 11) is -3.69. The lowest BCUT2D eigenvalue weighted by Crippen LogP contribution is -2.39. The van der Waals surface area contributed by atoms with Gasteiger partial charge in [-0.25, -0.2) is 13.1 Å². The normalized spacial score (nSPS) is 17.4. The molecule has 1 aromatic rings. The molecular weight excluding hydrogens is 323 g/mol. The van der Waals surface area contributed by atoms with Crippen LogP contribution < -0.4 is 10.5 Å². The molecule has 0 amide bonds. The molecule has 2 rings (SSSR count). The molecule has 1 aliphatic heterocycles. The van der Waals surface area contributed by atoms with Crippen LogP contribution in [0.5, 0.6) is 0 Å². The van der Waals surface area contributed by atoms with Crippen molar-refractivity contribution in [3.8, 4) is 0 Å². The van der Waals surface area contributed by atoms with E-state index in [2.05, 4.69) is 4.72 Å². The summed E-state index contributed by atoms with van der Waals surface area (Å²) >= 11 is 11.9. The van der Waals surface area contributed by atoms with Gasteiger partial charge in [0.25, 0.3) is 0 Å². The van der Waals surface area contributed by atoms with Crippen molar-refractivity contribution in [1.82, 2.24) is 4.72 Å². The molecule has 1 heterocycles. The number of rotatable bonds is 4. The maximum Gasteiger partial charge on any atom is 0.242 e. The van der Waals surface area contributed by atoms with Gasteiger partial charge in [0.15, 0.2) is 0 Å². The van der Waals surface area contributed by atoms with Gasteiger partial charge in [-0.1, -0.05) is 23.2 Å². The molecule has 5 nitrogen and oxygen atoms in total. The number of nitrogens with one attached hydrogen (secondary N) is 1. The molecular formula is C12H16Cl2N2O3S. The first kappa shape index (κ1) is 16.0. The molecule has 0 unspecified atom stereocenters. The molecule has 8 heteroatoms. The van der Waals surface area contributed by atoms with Gasteiger partial charge in [-0.3, -0.25) is 0 Å². The summed E-state index contributed by atoms with van der Waals surface area (Å²) < 4.78 is 32.6. The highest BCUT2D eigenvalue weighted by atomic mass is 35.5. The van der Waals surface area contributed by atoms with Gasteiger partial charge in [0.2, 0.25) is 10.0 Å². The SMILES string of the molecule is NCc1cc(S(=O)(=O)NC2CCOCC2)c(Cl)cc1Cl. The maximum atomic E-state index is 12.4. The average molecular weight is 339 g/mol. The van der Waals surface area contributed by atoms with Crippen LogP contribution in [0.15, 0.2) is 17.0 Å². The Hall–Kier alpha value is -0.370. The van der Waals surface area contributed by atoms with E-state index < -0.39 is 10.0 Å². The van der Waals surface area contributed by atoms with Crippen LogP contribution in [0.25, 0.3) is 0 Å². The lowest BCUT2D eigenvalue weighted by atomic mass is 10.1.